The SMILES string of the molecule is COc1ccc(CCNCCc2ccco2)cc1. The lowest BCUT2D eigenvalue weighted by Gasteiger charge is -2.05. The molecule has 1 aromatic carbocycles. The molecule has 3 heteroatoms. The van der Waals surface area contributed by atoms with Gasteiger partial charge in [0, 0.05) is 13.0 Å². The van der Waals surface area contributed by atoms with Crippen LogP contribution >= 0.6 is 0 Å². The van der Waals surface area contributed by atoms with Crippen LogP contribution in [0, 0.1) is 0 Å². The smallest absolute Gasteiger partial charge is 0.118 e. The summed E-state index contributed by atoms with van der Waals surface area (Å²) in [4.78, 5) is 0. The van der Waals surface area contributed by atoms with Gasteiger partial charge in [0.15, 0.2) is 0 Å². The monoisotopic (exact) mass is 245 g/mol. The molecule has 0 unspecified atom stereocenters. The molecule has 1 aromatic heterocycles. The van der Waals surface area contributed by atoms with E-state index in [1.807, 2.05) is 24.3 Å². The van der Waals surface area contributed by atoms with Gasteiger partial charge in [0.2, 0.25) is 0 Å². The van der Waals surface area contributed by atoms with Gasteiger partial charge >= 0.3 is 0 Å². The summed E-state index contributed by atoms with van der Waals surface area (Å²) < 4.78 is 10.4. The van der Waals surface area contributed by atoms with Gasteiger partial charge in [0.05, 0.1) is 13.4 Å². The summed E-state index contributed by atoms with van der Waals surface area (Å²) in [6, 6.07) is 12.1. The van der Waals surface area contributed by atoms with E-state index < -0.39 is 0 Å². The molecule has 0 spiro atoms. The molecule has 0 saturated carbocycles. The number of hydrogen-bond donors (Lipinski definition) is 1. The van der Waals surface area contributed by atoms with Crippen LogP contribution in [0.25, 0.3) is 0 Å². The van der Waals surface area contributed by atoms with Crippen molar-refractivity contribution in [3.8, 4) is 5.75 Å². The molecule has 3 nitrogen and oxygen atoms in total. The van der Waals surface area contributed by atoms with E-state index in [2.05, 4.69) is 17.4 Å². The highest BCUT2D eigenvalue weighted by atomic mass is 16.5. The van der Waals surface area contributed by atoms with E-state index >= 15 is 0 Å². The summed E-state index contributed by atoms with van der Waals surface area (Å²) >= 11 is 0. The number of benzene rings is 1. The van der Waals surface area contributed by atoms with Crippen LogP contribution in [0.3, 0.4) is 0 Å². The summed E-state index contributed by atoms with van der Waals surface area (Å²) in [5.41, 5.74) is 1.32. The Bertz CT molecular complexity index is 434. The maximum atomic E-state index is 5.27. The predicted octanol–water partition coefficient (Wildman–Crippen LogP) is 2.66. The Hall–Kier alpha value is -1.74. The van der Waals surface area contributed by atoms with Gasteiger partial charge < -0.3 is 14.5 Å². The van der Waals surface area contributed by atoms with E-state index in [9.17, 15) is 0 Å². The van der Waals surface area contributed by atoms with Crippen molar-refractivity contribution >= 4 is 0 Å². The largest absolute Gasteiger partial charge is 0.497 e. The average Bonchev–Trinajstić information content (AvgIpc) is 2.92. The molecule has 0 fully saturated rings. The topological polar surface area (TPSA) is 34.4 Å². The molecule has 0 bridgehead atoms. The Morgan fingerprint density at radius 1 is 1.06 bits per heavy atom. The first kappa shape index (κ1) is 12.7. The maximum Gasteiger partial charge on any atom is 0.118 e. The number of methoxy groups -OCH3 is 1. The van der Waals surface area contributed by atoms with Crippen LogP contribution < -0.4 is 10.1 Å². The molecule has 0 aliphatic heterocycles. The molecule has 18 heavy (non-hydrogen) atoms. The van der Waals surface area contributed by atoms with Crippen LogP contribution in [0.1, 0.15) is 11.3 Å². The minimum absolute atomic E-state index is 0.907. The summed E-state index contributed by atoms with van der Waals surface area (Å²) in [5.74, 6) is 1.94. The second kappa shape index (κ2) is 6.87. The van der Waals surface area contributed by atoms with Gasteiger partial charge in [0.1, 0.15) is 11.5 Å². The van der Waals surface area contributed by atoms with Gasteiger partial charge in [-0.3, -0.25) is 0 Å². The molecule has 2 rings (SSSR count). The second-order valence-electron chi connectivity index (χ2n) is 4.18. The Labute approximate surface area is 108 Å². The van der Waals surface area contributed by atoms with E-state index in [-0.39, 0.29) is 0 Å². The Morgan fingerprint density at radius 3 is 2.50 bits per heavy atom. The van der Waals surface area contributed by atoms with Crippen molar-refractivity contribution in [2.45, 2.75) is 12.8 Å². The minimum Gasteiger partial charge on any atom is -0.497 e. The molecule has 1 N–H and O–H groups in total. The molecule has 0 radical (unpaired) electrons. The third kappa shape index (κ3) is 3.93. The third-order valence-electron chi connectivity index (χ3n) is 2.88. The summed E-state index contributed by atoms with van der Waals surface area (Å²) in [6.45, 7) is 1.93. The van der Waals surface area contributed by atoms with Crippen molar-refractivity contribution in [2.24, 2.45) is 0 Å². The van der Waals surface area contributed by atoms with Crippen LogP contribution in [-0.4, -0.2) is 20.2 Å². The van der Waals surface area contributed by atoms with E-state index in [1.165, 1.54) is 5.56 Å². The first-order valence-electron chi connectivity index (χ1n) is 6.24. The lowest BCUT2D eigenvalue weighted by molar-refractivity contribution is 0.414. The lowest BCUT2D eigenvalue weighted by Crippen LogP contribution is -2.19. The number of furan rings is 1. The van der Waals surface area contributed by atoms with Gasteiger partial charge in [-0.2, -0.15) is 0 Å². The van der Waals surface area contributed by atoms with Crippen LogP contribution in [0.15, 0.2) is 47.1 Å². The summed E-state index contributed by atoms with van der Waals surface area (Å²) in [5, 5.41) is 3.41. The van der Waals surface area contributed by atoms with Gasteiger partial charge in [-0.1, -0.05) is 12.1 Å². The quantitative estimate of drug-likeness (QED) is 0.762. The number of hydrogen-bond acceptors (Lipinski definition) is 3. The molecule has 1 heterocycles. The number of ether oxygens (including phenoxy) is 1. The zero-order chi connectivity index (χ0) is 12.6. The van der Waals surface area contributed by atoms with E-state index in [0.29, 0.717) is 0 Å². The maximum absolute atomic E-state index is 5.27. The fourth-order valence-corrected chi connectivity index (χ4v) is 1.82. The van der Waals surface area contributed by atoms with Crippen molar-refractivity contribution in [3.05, 3.63) is 54.0 Å². The van der Waals surface area contributed by atoms with E-state index in [4.69, 9.17) is 9.15 Å². The van der Waals surface area contributed by atoms with Gasteiger partial charge in [-0.25, -0.2) is 0 Å². The molecule has 0 aliphatic carbocycles. The summed E-state index contributed by atoms with van der Waals surface area (Å²) in [6.07, 6.45) is 3.68. The zero-order valence-corrected chi connectivity index (χ0v) is 10.7. The number of rotatable bonds is 7. The van der Waals surface area contributed by atoms with Crippen LogP contribution in [0.2, 0.25) is 0 Å². The molecule has 0 atom stereocenters. The standard InChI is InChI=1S/C15H19NO2/c1-17-14-6-4-13(5-7-14)8-10-16-11-9-15-3-2-12-18-15/h2-7,12,16H,8-11H2,1H3. The van der Waals surface area contributed by atoms with Crippen molar-refractivity contribution in [2.75, 3.05) is 20.2 Å². The lowest BCUT2D eigenvalue weighted by atomic mass is 10.1. The highest BCUT2D eigenvalue weighted by Gasteiger charge is 1.96. The third-order valence-corrected chi connectivity index (χ3v) is 2.88. The molecule has 0 aliphatic rings. The normalized spacial score (nSPS) is 10.5. The van der Waals surface area contributed by atoms with Crippen molar-refractivity contribution < 1.29 is 9.15 Å². The van der Waals surface area contributed by atoms with E-state index in [0.717, 1.165) is 37.4 Å². The molecular formula is C15H19NO2. The van der Waals surface area contributed by atoms with Gasteiger partial charge in [0.25, 0.3) is 0 Å². The van der Waals surface area contributed by atoms with Crippen molar-refractivity contribution in [1.82, 2.24) is 5.32 Å². The van der Waals surface area contributed by atoms with Crippen molar-refractivity contribution in [3.63, 3.8) is 0 Å². The average molecular weight is 245 g/mol. The molecule has 96 valence electrons. The first-order chi connectivity index (χ1) is 8.88. The van der Waals surface area contributed by atoms with Gasteiger partial charge in [-0.05, 0) is 42.8 Å². The fourth-order valence-electron chi connectivity index (χ4n) is 1.82. The Balaban J connectivity index is 1.62. The fraction of sp³-hybridized carbons (Fsp3) is 0.333. The summed E-state index contributed by atoms with van der Waals surface area (Å²) in [7, 11) is 1.69. The van der Waals surface area contributed by atoms with Gasteiger partial charge in [-0.15, -0.1) is 0 Å². The molecular weight excluding hydrogens is 226 g/mol. The van der Waals surface area contributed by atoms with Crippen molar-refractivity contribution in [1.29, 1.82) is 0 Å². The highest BCUT2D eigenvalue weighted by molar-refractivity contribution is 5.27. The first-order valence-corrected chi connectivity index (χ1v) is 6.24. The Morgan fingerprint density at radius 2 is 1.83 bits per heavy atom. The minimum atomic E-state index is 0.907. The zero-order valence-electron chi connectivity index (χ0n) is 10.7. The van der Waals surface area contributed by atoms with Crippen LogP contribution in [0.5, 0.6) is 5.75 Å². The Kier molecular flexibility index (Phi) is 4.85. The molecule has 2 aromatic rings. The predicted molar refractivity (Wildman–Crippen MR) is 72.0 cm³/mol. The number of nitrogens with one attached hydrogen (secondary N) is 1. The highest BCUT2D eigenvalue weighted by Crippen LogP contribution is 2.11. The van der Waals surface area contributed by atoms with Crippen LogP contribution in [-0.2, 0) is 12.8 Å². The molecule has 0 amide bonds. The molecule has 0 saturated heterocycles. The second-order valence-corrected chi connectivity index (χ2v) is 4.18. The van der Waals surface area contributed by atoms with E-state index in [1.54, 1.807) is 13.4 Å². The van der Waals surface area contributed by atoms with Crippen LogP contribution in [0.4, 0.5) is 0 Å².